The van der Waals surface area contributed by atoms with Crippen molar-refractivity contribution >= 4 is 28.9 Å². The number of fused-ring (bicyclic) bond motifs is 2. The van der Waals surface area contributed by atoms with Crippen molar-refractivity contribution in [3.05, 3.63) is 66.2 Å². The number of rotatable bonds is 3. The van der Waals surface area contributed by atoms with E-state index >= 15 is 0 Å². The van der Waals surface area contributed by atoms with E-state index in [9.17, 15) is 9.59 Å². The van der Waals surface area contributed by atoms with Gasteiger partial charge in [0.05, 0.1) is 35.3 Å². The van der Waals surface area contributed by atoms with Crippen molar-refractivity contribution in [2.45, 2.75) is 0 Å². The van der Waals surface area contributed by atoms with Gasteiger partial charge in [0.15, 0.2) is 0 Å². The van der Waals surface area contributed by atoms with Gasteiger partial charge in [0.25, 0.3) is 5.91 Å². The van der Waals surface area contributed by atoms with Gasteiger partial charge in [-0.2, -0.15) is 0 Å². The number of nitrogens with zero attached hydrogens (tertiary/aromatic N) is 1. The van der Waals surface area contributed by atoms with Crippen molar-refractivity contribution in [1.82, 2.24) is 0 Å². The van der Waals surface area contributed by atoms with E-state index in [2.05, 4.69) is 11.9 Å². The lowest BCUT2D eigenvalue weighted by atomic mass is 10.1. The Hall–Kier alpha value is -3.08. The number of carbonyl (C=O) groups is 2. The fraction of sp³-hybridized carbons (Fsp3) is 0.111. The summed E-state index contributed by atoms with van der Waals surface area (Å²) in [6.07, 6.45) is 1.77. The molecule has 0 aliphatic carbocycles. The van der Waals surface area contributed by atoms with Crippen LogP contribution in [0.5, 0.6) is 0 Å². The maximum absolute atomic E-state index is 12.5. The van der Waals surface area contributed by atoms with E-state index in [1.807, 2.05) is 23.1 Å². The normalized spacial score (nSPS) is 12.6. The molecule has 3 rings (SSSR count). The zero-order valence-corrected chi connectivity index (χ0v) is 12.7. The molecule has 2 aromatic rings. The molecule has 1 aliphatic rings. The van der Waals surface area contributed by atoms with Crippen LogP contribution in [0.4, 0.5) is 17.1 Å². The fourth-order valence-electron chi connectivity index (χ4n) is 2.66. The molecule has 1 amide bonds. The van der Waals surface area contributed by atoms with Crippen LogP contribution in [0.2, 0.25) is 0 Å². The predicted octanol–water partition coefficient (Wildman–Crippen LogP) is 3.36. The summed E-state index contributed by atoms with van der Waals surface area (Å²) in [7, 11) is 1.33. The summed E-state index contributed by atoms with van der Waals surface area (Å²) in [5.74, 6) is -0.658. The lowest BCUT2D eigenvalue weighted by Crippen LogP contribution is -2.18. The van der Waals surface area contributed by atoms with Crippen LogP contribution < -0.4 is 10.2 Å². The first kappa shape index (κ1) is 14.8. The Morgan fingerprint density at radius 1 is 1.26 bits per heavy atom. The molecule has 116 valence electrons. The number of hydrogen-bond acceptors (Lipinski definition) is 4. The second-order valence-corrected chi connectivity index (χ2v) is 5.09. The van der Waals surface area contributed by atoms with Crippen LogP contribution >= 0.6 is 0 Å². The van der Waals surface area contributed by atoms with E-state index in [1.54, 1.807) is 30.3 Å². The number of nitrogens with one attached hydrogen (secondary N) is 1. The molecule has 0 saturated heterocycles. The summed E-state index contributed by atoms with van der Waals surface area (Å²) in [5, 5.41) is 2.86. The van der Waals surface area contributed by atoms with Crippen LogP contribution in [0, 0.1) is 0 Å². The van der Waals surface area contributed by atoms with Gasteiger partial charge in [0.1, 0.15) is 0 Å². The molecule has 0 fully saturated rings. The van der Waals surface area contributed by atoms with E-state index in [-0.39, 0.29) is 5.91 Å². The second kappa shape index (κ2) is 5.96. The van der Waals surface area contributed by atoms with Crippen LogP contribution in [0.25, 0.3) is 0 Å². The molecule has 0 aromatic heterocycles. The highest BCUT2D eigenvalue weighted by molar-refractivity contribution is 6.13. The number of ether oxygens (including phenoxy) is 1. The Bertz CT molecular complexity index is 799. The summed E-state index contributed by atoms with van der Waals surface area (Å²) in [5.41, 5.74) is 3.13. The molecule has 1 heterocycles. The SMILES string of the molecule is C=CCN1c2ccc(C(=O)OC)cc2NC(=O)c2ccccc21. The van der Waals surface area contributed by atoms with Gasteiger partial charge in [-0.05, 0) is 30.3 Å². The lowest BCUT2D eigenvalue weighted by molar-refractivity contribution is 0.0600. The van der Waals surface area contributed by atoms with E-state index < -0.39 is 5.97 Å². The molecule has 1 N–H and O–H groups in total. The molecule has 23 heavy (non-hydrogen) atoms. The minimum absolute atomic E-state index is 0.213. The van der Waals surface area contributed by atoms with Crippen LogP contribution in [0.3, 0.4) is 0 Å². The molecular weight excluding hydrogens is 292 g/mol. The first-order valence-electron chi connectivity index (χ1n) is 7.17. The highest BCUT2D eigenvalue weighted by atomic mass is 16.5. The number of amides is 1. The standard InChI is InChI=1S/C18H16N2O3/c1-3-10-20-15-7-5-4-6-13(15)17(21)19-14-11-12(18(22)23-2)8-9-16(14)20/h3-9,11H,1,10H2,2H3,(H,19,21). The van der Waals surface area contributed by atoms with Crippen molar-refractivity contribution in [2.75, 3.05) is 23.9 Å². The average Bonchev–Trinajstić information content (AvgIpc) is 2.69. The number of hydrogen-bond donors (Lipinski definition) is 1. The van der Waals surface area contributed by atoms with Crippen molar-refractivity contribution in [1.29, 1.82) is 0 Å². The maximum atomic E-state index is 12.5. The number of benzene rings is 2. The number of methoxy groups -OCH3 is 1. The van der Waals surface area contributed by atoms with E-state index in [1.165, 1.54) is 7.11 Å². The predicted molar refractivity (Wildman–Crippen MR) is 89.4 cm³/mol. The van der Waals surface area contributed by atoms with Gasteiger partial charge in [-0.15, -0.1) is 6.58 Å². The van der Waals surface area contributed by atoms with Gasteiger partial charge >= 0.3 is 5.97 Å². The molecule has 0 saturated carbocycles. The number of para-hydroxylation sites is 1. The Labute approximate surface area is 134 Å². The summed E-state index contributed by atoms with van der Waals surface area (Å²) >= 11 is 0. The zero-order valence-electron chi connectivity index (χ0n) is 12.7. The van der Waals surface area contributed by atoms with Crippen LogP contribution in [0.1, 0.15) is 20.7 Å². The van der Waals surface area contributed by atoms with Gasteiger partial charge in [-0.25, -0.2) is 4.79 Å². The molecule has 0 atom stereocenters. The molecule has 0 radical (unpaired) electrons. The highest BCUT2D eigenvalue weighted by Crippen LogP contribution is 2.38. The molecule has 0 spiro atoms. The van der Waals surface area contributed by atoms with Gasteiger partial charge < -0.3 is 15.0 Å². The fourth-order valence-corrected chi connectivity index (χ4v) is 2.66. The summed E-state index contributed by atoms with van der Waals surface area (Å²) in [6.45, 7) is 4.33. The molecule has 0 bridgehead atoms. The van der Waals surface area contributed by atoms with E-state index in [4.69, 9.17) is 4.74 Å². The molecule has 1 aliphatic heterocycles. The zero-order chi connectivity index (χ0) is 16.4. The lowest BCUT2D eigenvalue weighted by Gasteiger charge is -2.24. The first-order valence-corrected chi connectivity index (χ1v) is 7.17. The number of carbonyl (C=O) groups excluding carboxylic acids is 2. The Morgan fingerprint density at radius 2 is 2.04 bits per heavy atom. The van der Waals surface area contributed by atoms with Crippen LogP contribution in [-0.4, -0.2) is 25.5 Å². The Balaban J connectivity index is 2.18. The maximum Gasteiger partial charge on any atom is 0.337 e. The number of esters is 1. The topological polar surface area (TPSA) is 58.6 Å². The van der Waals surface area contributed by atoms with Crippen molar-refractivity contribution < 1.29 is 14.3 Å². The highest BCUT2D eigenvalue weighted by Gasteiger charge is 2.25. The summed E-state index contributed by atoms with van der Waals surface area (Å²) in [6, 6.07) is 12.5. The Kier molecular flexibility index (Phi) is 3.85. The third-order valence-corrected chi connectivity index (χ3v) is 3.71. The van der Waals surface area contributed by atoms with E-state index in [0.717, 1.165) is 11.4 Å². The summed E-state index contributed by atoms with van der Waals surface area (Å²) in [4.78, 5) is 26.2. The largest absolute Gasteiger partial charge is 0.465 e. The van der Waals surface area contributed by atoms with Gasteiger partial charge in [-0.3, -0.25) is 4.79 Å². The number of anilines is 3. The molecule has 2 aromatic carbocycles. The second-order valence-electron chi connectivity index (χ2n) is 5.09. The van der Waals surface area contributed by atoms with Crippen molar-refractivity contribution in [3.63, 3.8) is 0 Å². The van der Waals surface area contributed by atoms with Crippen LogP contribution in [0.15, 0.2) is 55.1 Å². The third-order valence-electron chi connectivity index (χ3n) is 3.71. The van der Waals surface area contributed by atoms with Crippen molar-refractivity contribution in [3.8, 4) is 0 Å². The molecule has 5 heteroatoms. The third kappa shape index (κ3) is 2.57. The minimum atomic E-state index is -0.445. The van der Waals surface area contributed by atoms with Gasteiger partial charge in [-0.1, -0.05) is 18.2 Å². The quantitative estimate of drug-likeness (QED) is 0.698. The Morgan fingerprint density at radius 3 is 2.78 bits per heavy atom. The summed E-state index contributed by atoms with van der Waals surface area (Å²) < 4.78 is 4.74. The van der Waals surface area contributed by atoms with Crippen molar-refractivity contribution in [2.24, 2.45) is 0 Å². The smallest absolute Gasteiger partial charge is 0.337 e. The van der Waals surface area contributed by atoms with Gasteiger partial charge in [0.2, 0.25) is 0 Å². The minimum Gasteiger partial charge on any atom is -0.465 e. The van der Waals surface area contributed by atoms with Crippen LogP contribution in [-0.2, 0) is 4.74 Å². The van der Waals surface area contributed by atoms with E-state index in [0.29, 0.717) is 23.4 Å². The monoisotopic (exact) mass is 308 g/mol. The molecule has 0 unspecified atom stereocenters. The molecule has 5 nitrogen and oxygen atoms in total. The molecular formula is C18H16N2O3. The first-order chi connectivity index (χ1) is 11.2. The van der Waals surface area contributed by atoms with Gasteiger partial charge in [0, 0.05) is 6.54 Å². The average molecular weight is 308 g/mol.